The zero-order valence-corrected chi connectivity index (χ0v) is 25.9. The predicted octanol–water partition coefficient (Wildman–Crippen LogP) is 1.95. The van der Waals surface area contributed by atoms with E-state index in [9.17, 15) is 19.2 Å². The summed E-state index contributed by atoms with van der Waals surface area (Å²) in [6, 6.07) is 7.33. The van der Waals surface area contributed by atoms with Crippen LogP contribution in [-0.2, 0) is 29.5 Å². The van der Waals surface area contributed by atoms with Crippen molar-refractivity contribution in [2.75, 3.05) is 58.8 Å². The number of hydrogen-bond donors (Lipinski definition) is 1. The zero-order chi connectivity index (χ0) is 30.6. The van der Waals surface area contributed by atoms with E-state index in [1.807, 2.05) is 58.1 Å². The Labute approximate surface area is 248 Å². The van der Waals surface area contributed by atoms with E-state index in [-0.39, 0.29) is 55.1 Å². The zero-order valence-electron chi connectivity index (χ0n) is 25.9. The average Bonchev–Trinajstić information content (AvgIpc) is 3.29. The van der Waals surface area contributed by atoms with Gasteiger partial charge in [-0.1, -0.05) is 19.9 Å². The van der Waals surface area contributed by atoms with E-state index in [1.165, 1.54) is 0 Å². The van der Waals surface area contributed by atoms with E-state index < -0.39 is 0 Å². The molecule has 4 amide bonds. The van der Waals surface area contributed by atoms with E-state index in [4.69, 9.17) is 0 Å². The van der Waals surface area contributed by atoms with Gasteiger partial charge in [-0.25, -0.2) is 0 Å². The molecule has 0 saturated heterocycles. The van der Waals surface area contributed by atoms with Gasteiger partial charge in [0.15, 0.2) is 5.69 Å². The number of anilines is 1. The van der Waals surface area contributed by atoms with Crippen LogP contribution in [0.4, 0.5) is 5.69 Å². The van der Waals surface area contributed by atoms with Gasteiger partial charge in [0.05, 0.1) is 6.54 Å². The van der Waals surface area contributed by atoms with E-state index in [2.05, 4.69) is 10.4 Å². The Hall–Kier alpha value is -3.89. The molecule has 2 aliphatic rings. The first-order valence-electron chi connectivity index (χ1n) is 14.9. The van der Waals surface area contributed by atoms with Crippen molar-refractivity contribution in [1.29, 1.82) is 0 Å². The number of carbonyl (C=O) groups is 4. The lowest BCUT2D eigenvalue weighted by Crippen LogP contribution is -2.47. The molecule has 228 valence electrons. The fraction of sp³-hybridized carbons (Fsp3) is 0.581. The molecule has 2 aromatic rings. The largest absolute Gasteiger partial charge is 0.378 e. The van der Waals surface area contributed by atoms with Gasteiger partial charge >= 0.3 is 0 Å². The lowest BCUT2D eigenvalue weighted by Gasteiger charge is -2.34. The van der Waals surface area contributed by atoms with Crippen molar-refractivity contribution < 1.29 is 19.2 Å². The van der Waals surface area contributed by atoms with Crippen LogP contribution < -0.4 is 10.2 Å². The Kier molecular flexibility index (Phi) is 9.90. The van der Waals surface area contributed by atoms with Crippen LogP contribution in [0.1, 0.15) is 65.2 Å². The Morgan fingerprint density at radius 1 is 1.10 bits per heavy atom. The lowest BCUT2D eigenvalue weighted by molar-refractivity contribution is -0.141. The van der Waals surface area contributed by atoms with Gasteiger partial charge in [0.1, 0.15) is 0 Å². The van der Waals surface area contributed by atoms with Crippen LogP contribution in [0.2, 0.25) is 0 Å². The number of nitrogens with one attached hydrogen (secondary N) is 1. The van der Waals surface area contributed by atoms with E-state index >= 15 is 0 Å². The van der Waals surface area contributed by atoms with Gasteiger partial charge in [-0.3, -0.25) is 23.9 Å². The molecule has 1 aliphatic carbocycles. The lowest BCUT2D eigenvalue weighted by atomic mass is 9.90. The number of likely N-dealkylation sites (N-methyl/N-ethyl adjacent to an activating group) is 1. The number of aromatic nitrogens is 2. The number of amides is 4. The number of benzene rings is 1. The monoisotopic (exact) mass is 579 g/mol. The van der Waals surface area contributed by atoms with Gasteiger partial charge in [-0.15, -0.1) is 0 Å². The Balaban J connectivity index is 1.62. The van der Waals surface area contributed by atoms with Crippen LogP contribution >= 0.6 is 0 Å². The van der Waals surface area contributed by atoms with Crippen molar-refractivity contribution >= 4 is 29.3 Å². The topological polar surface area (TPSA) is 111 Å². The third-order valence-corrected chi connectivity index (χ3v) is 8.23. The van der Waals surface area contributed by atoms with E-state index in [0.29, 0.717) is 50.2 Å². The predicted molar refractivity (Wildman–Crippen MR) is 161 cm³/mol. The molecule has 1 unspecified atom stereocenters. The third kappa shape index (κ3) is 7.11. The van der Waals surface area contributed by atoms with Crippen LogP contribution in [0.25, 0.3) is 0 Å². The maximum absolute atomic E-state index is 13.6. The van der Waals surface area contributed by atoms with Crippen LogP contribution in [0, 0.1) is 5.92 Å². The summed E-state index contributed by atoms with van der Waals surface area (Å²) in [6.07, 6.45) is 2.66. The summed E-state index contributed by atoms with van der Waals surface area (Å²) in [7, 11) is 7.47. The molecule has 1 aromatic carbocycles. The van der Waals surface area contributed by atoms with E-state index in [1.54, 1.807) is 32.5 Å². The molecule has 1 aliphatic heterocycles. The number of hydrogen-bond acceptors (Lipinski definition) is 6. The second-order valence-electron chi connectivity index (χ2n) is 12.1. The van der Waals surface area contributed by atoms with Crippen molar-refractivity contribution in [1.82, 2.24) is 29.8 Å². The minimum atomic E-state index is -0.286. The fourth-order valence-electron chi connectivity index (χ4n) is 5.84. The molecule has 11 nitrogen and oxygen atoms in total. The van der Waals surface area contributed by atoms with Crippen molar-refractivity contribution in [3.05, 3.63) is 46.8 Å². The molecule has 2 bridgehead atoms. The van der Waals surface area contributed by atoms with Gasteiger partial charge in [0, 0.05) is 89.3 Å². The number of fused-ring (bicyclic) bond motifs is 1. The molecule has 42 heavy (non-hydrogen) atoms. The Morgan fingerprint density at radius 3 is 2.57 bits per heavy atom. The third-order valence-electron chi connectivity index (χ3n) is 8.23. The highest BCUT2D eigenvalue weighted by Gasteiger charge is 2.33. The first-order chi connectivity index (χ1) is 20.0. The second-order valence-corrected chi connectivity index (χ2v) is 12.1. The highest BCUT2D eigenvalue weighted by molar-refractivity contribution is 5.96. The summed E-state index contributed by atoms with van der Waals surface area (Å²) >= 11 is 0. The van der Waals surface area contributed by atoms with Gasteiger partial charge in [-0.2, -0.15) is 5.10 Å². The van der Waals surface area contributed by atoms with Crippen molar-refractivity contribution in [3.63, 3.8) is 0 Å². The minimum Gasteiger partial charge on any atom is -0.378 e. The molecule has 1 N–H and O–H groups in total. The number of nitrogens with zero attached hydrogens (tertiary/aromatic N) is 6. The van der Waals surface area contributed by atoms with Crippen molar-refractivity contribution in [3.8, 4) is 0 Å². The first-order valence-corrected chi connectivity index (χ1v) is 14.9. The van der Waals surface area contributed by atoms with Gasteiger partial charge < -0.3 is 24.9 Å². The average molecular weight is 580 g/mol. The standard InChI is InChI=1S/C31H45N7O4/c1-21(2)19-38-20-28(40)35(5)24-12-13-26-25(18-24)29(33-36(26)6)30(41)32-14-16-37(15-8-11-27(38)39)31(42)22-9-7-10-23(17-22)34(3)4/h7,9-10,17,21,24H,8,11-16,18-20H2,1-6H3,(H,32,41). The molecule has 2 heterocycles. The van der Waals surface area contributed by atoms with E-state index in [0.717, 1.165) is 23.4 Å². The van der Waals surface area contributed by atoms with Gasteiger partial charge in [-0.05, 0) is 49.8 Å². The molecule has 0 fully saturated rings. The highest BCUT2D eigenvalue weighted by atomic mass is 16.2. The highest BCUT2D eigenvalue weighted by Crippen LogP contribution is 2.27. The summed E-state index contributed by atoms with van der Waals surface area (Å²) < 4.78 is 1.76. The molecule has 1 aromatic heterocycles. The molecule has 0 spiro atoms. The van der Waals surface area contributed by atoms with Crippen LogP contribution in [0.5, 0.6) is 0 Å². The maximum atomic E-state index is 13.6. The Bertz CT molecular complexity index is 1320. The van der Waals surface area contributed by atoms with Crippen molar-refractivity contribution in [2.45, 2.75) is 52.0 Å². The summed E-state index contributed by atoms with van der Waals surface area (Å²) in [6.45, 7) is 5.44. The second kappa shape index (κ2) is 13.4. The minimum absolute atomic E-state index is 0.0111. The number of aryl methyl sites for hydroxylation is 1. The van der Waals surface area contributed by atoms with Crippen molar-refractivity contribution in [2.24, 2.45) is 13.0 Å². The van der Waals surface area contributed by atoms with Crippen LogP contribution in [0.3, 0.4) is 0 Å². The van der Waals surface area contributed by atoms with Crippen LogP contribution in [0.15, 0.2) is 24.3 Å². The number of rotatable bonds is 4. The molecule has 0 radical (unpaired) electrons. The molecule has 0 saturated carbocycles. The number of carbonyl (C=O) groups excluding carboxylic acids is 4. The fourth-order valence-corrected chi connectivity index (χ4v) is 5.84. The van der Waals surface area contributed by atoms with Gasteiger partial charge in [0.25, 0.3) is 11.8 Å². The quantitative estimate of drug-likeness (QED) is 0.593. The first kappa shape index (κ1) is 31.1. The summed E-state index contributed by atoms with van der Waals surface area (Å²) in [5.41, 5.74) is 3.69. The van der Waals surface area contributed by atoms with Crippen LogP contribution in [-0.4, -0.2) is 108 Å². The smallest absolute Gasteiger partial charge is 0.272 e. The normalized spacial score (nSPS) is 19.2. The molecule has 11 heteroatoms. The van der Waals surface area contributed by atoms with Gasteiger partial charge in [0.2, 0.25) is 11.8 Å². The summed E-state index contributed by atoms with van der Waals surface area (Å²) in [4.78, 5) is 60.8. The molecule has 4 rings (SSSR count). The summed E-state index contributed by atoms with van der Waals surface area (Å²) in [5.74, 6) is -0.450. The SMILES string of the molecule is CC(C)CN1CC(=O)N(C)C2CCc3c(c(nn3C)C(=O)NCCN(C(=O)c3cccc(N(C)C)c3)CCCC1=O)C2. The summed E-state index contributed by atoms with van der Waals surface area (Å²) in [5, 5.41) is 7.50. The molecule has 1 atom stereocenters. The molecular formula is C31H45N7O4. The Morgan fingerprint density at radius 2 is 1.86 bits per heavy atom. The maximum Gasteiger partial charge on any atom is 0.272 e. The molecular weight excluding hydrogens is 534 g/mol.